The highest BCUT2D eigenvalue weighted by Crippen LogP contribution is 2.26. The van der Waals surface area contributed by atoms with Crippen molar-refractivity contribution in [1.29, 1.82) is 5.26 Å². The van der Waals surface area contributed by atoms with Crippen molar-refractivity contribution in [3.8, 4) is 6.07 Å². The van der Waals surface area contributed by atoms with Crippen LogP contribution in [0.5, 0.6) is 0 Å². The van der Waals surface area contributed by atoms with Gasteiger partial charge in [0, 0.05) is 16.8 Å². The molecular formula is C20H10Cl2F3N3O. The van der Waals surface area contributed by atoms with Crippen LogP contribution in [0.25, 0.3) is 0 Å². The summed E-state index contributed by atoms with van der Waals surface area (Å²) >= 11 is 11.6. The molecule has 0 aliphatic carbocycles. The lowest BCUT2D eigenvalue weighted by Crippen LogP contribution is -2.31. The summed E-state index contributed by atoms with van der Waals surface area (Å²) in [7, 11) is 0. The molecule has 146 valence electrons. The molecule has 2 aromatic carbocycles. The molecule has 9 heteroatoms. The molecule has 1 amide bonds. The molecule has 29 heavy (non-hydrogen) atoms. The number of nitrogens with zero attached hydrogens (tertiary/aromatic N) is 2. The van der Waals surface area contributed by atoms with Gasteiger partial charge < -0.3 is 5.32 Å². The van der Waals surface area contributed by atoms with Gasteiger partial charge in [0.1, 0.15) is 34.8 Å². The van der Waals surface area contributed by atoms with E-state index in [9.17, 15) is 18.0 Å². The Morgan fingerprint density at radius 2 is 1.62 bits per heavy atom. The third kappa shape index (κ3) is 4.50. The predicted octanol–water partition coefficient (Wildman–Crippen LogP) is 5.20. The Morgan fingerprint density at radius 1 is 1.00 bits per heavy atom. The van der Waals surface area contributed by atoms with Crippen LogP contribution < -0.4 is 5.32 Å². The van der Waals surface area contributed by atoms with E-state index in [-0.39, 0.29) is 16.3 Å². The van der Waals surface area contributed by atoms with E-state index >= 15 is 0 Å². The Hall–Kier alpha value is -3.08. The predicted molar refractivity (Wildman–Crippen MR) is 101 cm³/mol. The first-order valence-corrected chi connectivity index (χ1v) is 8.82. The van der Waals surface area contributed by atoms with Crippen molar-refractivity contribution >= 4 is 29.1 Å². The molecule has 0 aliphatic rings. The maximum absolute atomic E-state index is 14.5. The average molecular weight is 436 g/mol. The number of carbonyl (C=O) groups is 1. The number of hydrogen-bond donors (Lipinski definition) is 1. The van der Waals surface area contributed by atoms with Crippen LogP contribution in [-0.4, -0.2) is 10.9 Å². The van der Waals surface area contributed by atoms with Crippen LogP contribution in [0.15, 0.2) is 48.7 Å². The fraction of sp³-hybridized carbons (Fsp3) is 0.0500. The molecular weight excluding hydrogens is 426 g/mol. The molecule has 0 saturated carbocycles. The minimum absolute atomic E-state index is 0.0590. The number of hydrogen-bond acceptors (Lipinski definition) is 3. The minimum atomic E-state index is -1.18. The third-order valence-electron chi connectivity index (χ3n) is 4.00. The zero-order chi connectivity index (χ0) is 21.1. The lowest BCUT2D eigenvalue weighted by atomic mass is 10.0. The summed E-state index contributed by atoms with van der Waals surface area (Å²) in [4.78, 5) is 16.6. The number of nitriles is 1. The van der Waals surface area contributed by atoms with Crippen LogP contribution in [-0.2, 0) is 0 Å². The van der Waals surface area contributed by atoms with E-state index in [2.05, 4.69) is 10.3 Å². The fourth-order valence-electron chi connectivity index (χ4n) is 2.63. The van der Waals surface area contributed by atoms with Gasteiger partial charge in [-0.3, -0.25) is 9.78 Å². The zero-order valence-corrected chi connectivity index (χ0v) is 15.9. The Kier molecular flexibility index (Phi) is 6.06. The summed E-state index contributed by atoms with van der Waals surface area (Å²) in [5.41, 5.74) is -0.917. The molecule has 0 aliphatic heterocycles. The number of carbonyl (C=O) groups excluding carboxylic acids is 1. The third-order valence-corrected chi connectivity index (χ3v) is 4.46. The average Bonchev–Trinajstić information content (AvgIpc) is 2.67. The fourth-order valence-corrected chi connectivity index (χ4v) is 2.90. The molecule has 1 atom stereocenters. The molecule has 3 aromatic rings. The first kappa shape index (κ1) is 20.6. The number of rotatable bonds is 4. The summed E-state index contributed by atoms with van der Waals surface area (Å²) in [6.45, 7) is 0. The van der Waals surface area contributed by atoms with Gasteiger partial charge >= 0.3 is 0 Å². The number of benzene rings is 2. The molecule has 0 fully saturated rings. The second-order valence-electron chi connectivity index (χ2n) is 5.91. The lowest BCUT2D eigenvalue weighted by Gasteiger charge is -2.20. The molecule has 4 nitrogen and oxygen atoms in total. The van der Waals surface area contributed by atoms with E-state index in [0.29, 0.717) is 10.6 Å². The van der Waals surface area contributed by atoms with Gasteiger partial charge in [-0.25, -0.2) is 13.2 Å². The van der Waals surface area contributed by atoms with E-state index in [1.807, 2.05) is 0 Å². The van der Waals surface area contributed by atoms with Gasteiger partial charge in [0.15, 0.2) is 0 Å². The SMILES string of the molecule is N#Cc1c(F)cc(C(=O)NC(c2ccc(Cl)cc2)c2ncc(Cl)cc2F)cc1F. The van der Waals surface area contributed by atoms with Crippen LogP contribution in [0.2, 0.25) is 10.0 Å². The van der Waals surface area contributed by atoms with Gasteiger partial charge in [0.2, 0.25) is 0 Å². The maximum atomic E-state index is 14.5. The Bertz CT molecular complexity index is 1110. The summed E-state index contributed by atoms with van der Waals surface area (Å²) < 4.78 is 42.2. The molecule has 1 unspecified atom stereocenters. The number of amides is 1. The van der Waals surface area contributed by atoms with E-state index in [1.54, 1.807) is 12.1 Å². The van der Waals surface area contributed by atoms with Gasteiger partial charge in [-0.1, -0.05) is 35.3 Å². The lowest BCUT2D eigenvalue weighted by molar-refractivity contribution is 0.0941. The smallest absolute Gasteiger partial charge is 0.252 e. The molecule has 0 saturated heterocycles. The van der Waals surface area contributed by atoms with Crippen LogP contribution in [0.4, 0.5) is 13.2 Å². The monoisotopic (exact) mass is 435 g/mol. The van der Waals surface area contributed by atoms with Gasteiger partial charge in [-0.15, -0.1) is 0 Å². The molecule has 1 N–H and O–H groups in total. The second-order valence-corrected chi connectivity index (χ2v) is 6.78. The van der Waals surface area contributed by atoms with Crippen molar-refractivity contribution in [3.05, 3.63) is 98.5 Å². The van der Waals surface area contributed by atoms with Crippen molar-refractivity contribution in [1.82, 2.24) is 10.3 Å². The van der Waals surface area contributed by atoms with Crippen molar-refractivity contribution in [3.63, 3.8) is 0 Å². The number of nitrogens with one attached hydrogen (secondary N) is 1. The standard InChI is InChI=1S/C20H10Cl2F3N3O/c21-12-3-1-10(2-4-12)18(19-17(25)7-13(22)9-27-19)28-20(29)11-5-15(23)14(8-26)16(24)6-11/h1-7,9,18H,(H,28,29). The highest BCUT2D eigenvalue weighted by Gasteiger charge is 2.24. The summed E-state index contributed by atoms with van der Waals surface area (Å²) in [5, 5.41) is 11.7. The zero-order valence-electron chi connectivity index (χ0n) is 14.4. The normalized spacial score (nSPS) is 11.6. The van der Waals surface area contributed by atoms with Crippen LogP contribution >= 0.6 is 23.2 Å². The molecule has 0 spiro atoms. The van der Waals surface area contributed by atoms with Crippen LogP contribution in [0.1, 0.15) is 33.2 Å². The van der Waals surface area contributed by atoms with Crippen LogP contribution in [0, 0.1) is 28.8 Å². The quantitative estimate of drug-likeness (QED) is 0.612. The highest BCUT2D eigenvalue weighted by atomic mass is 35.5. The van der Waals surface area contributed by atoms with Gasteiger partial charge in [0.25, 0.3) is 5.91 Å². The summed E-state index contributed by atoms with van der Waals surface area (Å²) in [6.07, 6.45) is 1.20. The number of halogens is 5. The Labute approximate surface area is 173 Å². The molecule has 1 aromatic heterocycles. The van der Waals surface area contributed by atoms with Crippen molar-refractivity contribution in [2.45, 2.75) is 6.04 Å². The molecule has 0 radical (unpaired) electrons. The van der Waals surface area contributed by atoms with Gasteiger partial charge in [0.05, 0.1) is 11.1 Å². The van der Waals surface area contributed by atoms with Crippen molar-refractivity contribution < 1.29 is 18.0 Å². The Balaban J connectivity index is 2.02. The minimum Gasteiger partial charge on any atom is -0.339 e. The largest absolute Gasteiger partial charge is 0.339 e. The number of aromatic nitrogens is 1. The van der Waals surface area contributed by atoms with E-state index < -0.39 is 35.0 Å². The summed E-state index contributed by atoms with van der Waals surface area (Å²) in [5.74, 6) is -4.05. The van der Waals surface area contributed by atoms with Crippen LogP contribution in [0.3, 0.4) is 0 Å². The van der Waals surface area contributed by atoms with E-state index in [1.165, 1.54) is 24.4 Å². The Morgan fingerprint density at radius 3 is 2.17 bits per heavy atom. The second kappa shape index (κ2) is 8.52. The number of pyridine rings is 1. The maximum Gasteiger partial charge on any atom is 0.252 e. The molecule has 1 heterocycles. The molecule has 3 rings (SSSR count). The van der Waals surface area contributed by atoms with Gasteiger partial charge in [-0.2, -0.15) is 5.26 Å². The van der Waals surface area contributed by atoms with Crippen molar-refractivity contribution in [2.24, 2.45) is 0 Å². The van der Waals surface area contributed by atoms with E-state index in [0.717, 1.165) is 18.2 Å². The first-order valence-electron chi connectivity index (χ1n) is 8.06. The topological polar surface area (TPSA) is 65.8 Å². The molecule has 0 bridgehead atoms. The van der Waals surface area contributed by atoms with Crippen molar-refractivity contribution in [2.75, 3.05) is 0 Å². The first-order chi connectivity index (χ1) is 13.8. The summed E-state index contributed by atoms with van der Waals surface area (Å²) in [6, 6.07) is 8.91. The highest BCUT2D eigenvalue weighted by molar-refractivity contribution is 6.30. The van der Waals surface area contributed by atoms with Gasteiger partial charge in [-0.05, 0) is 35.9 Å². The van der Waals surface area contributed by atoms with E-state index in [4.69, 9.17) is 28.5 Å².